The third-order valence-electron chi connectivity index (χ3n) is 2.14. The van der Waals surface area contributed by atoms with Gasteiger partial charge in [-0.1, -0.05) is 13.0 Å². The zero-order valence-electron chi connectivity index (χ0n) is 6.39. The van der Waals surface area contributed by atoms with Gasteiger partial charge in [-0.15, -0.1) is 0 Å². The Bertz CT molecular complexity index is 283. The van der Waals surface area contributed by atoms with E-state index in [4.69, 9.17) is 0 Å². The molecule has 1 nitrogen and oxygen atoms in total. The molecule has 0 fully saturated rings. The SMILES string of the molecule is CC1CNc2cccc(F)c21. The molecule has 1 atom stereocenters. The monoisotopic (exact) mass is 151 g/mol. The molecule has 0 radical (unpaired) electrons. The van der Waals surface area contributed by atoms with Crippen molar-refractivity contribution < 1.29 is 4.39 Å². The van der Waals surface area contributed by atoms with Crippen LogP contribution < -0.4 is 5.32 Å². The predicted molar refractivity (Wildman–Crippen MR) is 43.3 cm³/mol. The highest BCUT2D eigenvalue weighted by Gasteiger charge is 2.20. The molecule has 0 bridgehead atoms. The van der Waals surface area contributed by atoms with Crippen LogP contribution in [0.25, 0.3) is 0 Å². The molecular weight excluding hydrogens is 141 g/mol. The fourth-order valence-electron chi connectivity index (χ4n) is 1.56. The van der Waals surface area contributed by atoms with Gasteiger partial charge in [-0.3, -0.25) is 0 Å². The maximum Gasteiger partial charge on any atom is 0.128 e. The summed E-state index contributed by atoms with van der Waals surface area (Å²) in [5, 5.41) is 3.15. The van der Waals surface area contributed by atoms with Gasteiger partial charge < -0.3 is 5.32 Å². The van der Waals surface area contributed by atoms with Gasteiger partial charge in [-0.05, 0) is 12.1 Å². The van der Waals surface area contributed by atoms with Crippen LogP contribution in [0.1, 0.15) is 18.4 Å². The molecule has 1 N–H and O–H groups in total. The summed E-state index contributed by atoms with van der Waals surface area (Å²) in [6.45, 7) is 2.89. The van der Waals surface area contributed by atoms with Crippen molar-refractivity contribution in [3.05, 3.63) is 29.6 Å². The van der Waals surface area contributed by atoms with Crippen LogP contribution in [0.2, 0.25) is 0 Å². The van der Waals surface area contributed by atoms with Crippen molar-refractivity contribution in [3.63, 3.8) is 0 Å². The zero-order chi connectivity index (χ0) is 7.84. The Morgan fingerprint density at radius 3 is 3.09 bits per heavy atom. The summed E-state index contributed by atoms with van der Waals surface area (Å²) in [6, 6.07) is 5.17. The summed E-state index contributed by atoms with van der Waals surface area (Å²) in [5.74, 6) is 0.228. The molecule has 0 amide bonds. The number of fused-ring (bicyclic) bond motifs is 1. The van der Waals surface area contributed by atoms with Gasteiger partial charge in [0.1, 0.15) is 5.82 Å². The number of rotatable bonds is 0. The third kappa shape index (κ3) is 0.897. The molecule has 0 spiro atoms. The largest absolute Gasteiger partial charge is 0.384 e. The fraction of sp³-hybridized carbons (Fsp3) is 0.333. The van der Waals surface area contributed by atoms with E-state index in [1.165, 1.54) is 6.07 Å². The summed E-state index contributed by atoms with van der Waals surface area (Å²) in [6.07, 6.45) is 0. The van der Waals surface area contributed by atoms with Crippen molar-refractivity contribution >= 4 is 5.69 Å². The van der Waals surface area contributed by atoms with E-state index in [2.05, 4.69) is 5.32 Å². The summed E-state index contributed by atoms with van der Waals surface area (Å²) < 4.78 is 13.1. The minimum absolute atomic E-state index is 0.0833. The van der Waals surface area contributed by atoms with Gasteiger partial charge in [-0.2, -0.15) is 0 Å². The maximum absolute atomic E-state index is 13.1. The minimum atomic E-state index is -0.0833. The van der Waals surface area contributed by atoms with Crippen LogP contribution in [0.15, 0.2) is 18.2 Å². The van der Waals surface area contributed by atoms with E-state index in [-0.39, 0.29) is 5.82 Å². The molecule has 0 aliphatic carbocycles. The molecule has 1 aliphatic heterocycles. The number of benzene rings is 1. The first-order chi connectivity index (χ1) is 5.29. The predicted octanol–water partition coefficient (Wildman–Crippen LogP) is 2.35. The van der Waals surface area contributed by atoms with Crippen LogP contribution in [-0.4, -0.2) is 6.54 Å². The molecule has 2 rings (SSSR count). The first kappa shape index (κ1) is 6.65. The Balaban J connectivity index is 2.58. The molecule has 1 unspecified atom stereocenters. The van der Waals surface area contributed by atoms with E-state index in [1.54, 1.807) is 6.07 Å². The Labute approximate surface area is 65.2 Å². The van der Waals surface area contributed by atoms with Gasteiger partial charge >= 0.3 is 0 Å². The maximum atomic E-state index is 13.1. The lowest BCUT2D eigenvalue weighted by Crippen LogP contribution is -1.96. The van der Waals surface area contributed by atoms with Gasteiger partial charge in [-0.25, -0.2) is 4.39 Å². The summed E-state index contributed by atoms with van der Waals surface area (Å²) in [5.41, 5.74) is 1.80. The molecule has 1 aliphatic rings. The van der Waals surface area contributed by atoms with Crippen LogP contribution in [0.4, 0.5) is 10.1 Å². The molecule has 11 heavy (non-hydrogen) atoms. The Morgan fingerprint density at radius 1 is 1.55 bits per heavy atom. The van der Waals surface area contributed by atoms with Gasteiger partial charge in [0.05, 0.1) is 0 Å². The van der Waals surface area contributed by atoms with Gasteiger partial charge in [0, 0.05) is 23.7 Å². The summed E-state index contributed by atoms with van der Waals surface area (Å²) in [4.78, 5) is 0. The van der Waals surface area contributed by atoms with Gasteiger partial charge in [0.2, 0.25) is 0 Å². The second-order valence-corrected chi connectivity index (χ2v) is 2.98. The standard InChI is InChI=1S/C9H10FN/c1-6-5-11-8-4-2-3-7(10)9(6)8/h2-4,6,11H,5H2,1H3. The molecule has 1 aromatic rings. The third-order valence-corrected chi connectivity index (χ3v) is 2.14. The lowest BCUT2D eigenvalue weighted by Gasteiger charge is -2.02. The van der Waals surface area contributed by atoms with E-state index in [1.807, 2.05) is 13.0 Å². The van der Waals surface area contributed by atoms with Gasteiger partial charge in [0.15, 0.2) is 0 Å². The number of anilines is 1. The highest BCUT2D eigenvalue weighted by atomic mass is 19.1. The highest BCUT2D eigenvalue weighted by molar-refractivity contribution is 5.57. The van der Waals surface area contributed by atoms with Crippen molar-refractivity contribution in [2.24, 2.45) is 0 Å². The normalized spacial score (nSPS) is 21.1. The van der Waals surface area contributed by atoms with Crippen LogP contribution in [-0.2, 0) is 0 Å². The Morgan fingerprint density at radius 2 is 2.36 bits per heavy atom. The van der Waals surface area contributed by atoms with Crippen molar-refractivity contribution in [1.82, 2.24) is 0 Å². The summed E-state index contributed by atoms with van der Waals surface area (Å²) >= 11 is 0. The van der Waals surface area contributed by atoms with Crippen LogP contribution >= 0.6 is 0 Å². The molecule has 0 saturated carbocycles. The Hall–Kier alpha value is -1.05. The van der Waals surface area contributed by atoms with Crippen LogP contribution in [0, 0.1) is 5.82 Å². The van der Waals surface area contributed by atoms with E-state index in [0.29, 0.717) is 5.92 Å². The second kappa shape index (κ2) is 2.22. The lowest BCUT2D eigenvalue weighted by molar-refractivity contribution is 0.603. The molecule has 0 saturated heterocycles. The first-order valence-corrected chi connectivity index (χ1v) is 3.81. The van der Waals surface area contributed by atoms with Gasteiger partial charge in [0.25, 0.3) is 0 Å². The Kier molecular flexibility index (Phi) is 1.34. The zero-order valence-corrected chi connectivity index (χ0v) is 6.39. The molecule has 0 aromatic heterocycles. The van der Waals surface area contributed by atoms with Crippen LogP contribution in [0.3, 0.4) is 0 Å². The molecule has 1 aromatic carbocycles. The highest BCUT2D eigenvalue weighted by Crippen LogP contribution is 2.32. The topological polar surface area (TPSA) is 12.0 Å². The van der Waals surface area contributed by atoms with E-state index in [9.17, 15) is 4.39 Å². The quantitative estimate of drug-likeness (QED) is 0.600. The van der Waals surface area contributed by atoms with Crippen LogP contribution in [0.5, 0.6) is 0 Å². The molecule has 1 heterocycles. The van der Waals surface area contributed by atoms with Crippen molar-refractivity contribution in [2.45, 2.75) is 12.8 Å². The van der Waals surface area contributed by atoms with E-state index < -0.39 is 0 Å². The average molecular weight is 151 g/mol. The first-order valence-electron chi connectivity index (χ1n) is 3.81. The second-order valence-electron chi connectivity index (χ2n) is 2.98. The van der Waals surface area contributed by atoms with E-state index in [0.717, 1.165) is 17.8 Å². The fourth-order valence-corrected chi connectivity index (χ4v) is 1.56. The number of hydrogen-bond acceptors (Lipinski definition) is 1. The summed E-state index contributed by atoms with van der Waals surface area (Å²) in [7, 11) is 0. The molecular formula is C9H10FN. The lowest BCUT2D eigenvalue weighted by atomic mass is 10.0. The average Bonchev–Trinajstić information content (AvgIpc) is 2.34. The molecule has 58 valence electrons. The van der Waals surface area contributed by atoms with E-state index >= 15 is 0 Å². The minimum Gasteiger partial charge on any atom is -0.384 e. The molecule has 2 heteroatoms. The smallest absolute Gasteiger partial charge is 0.128 e. The van der Waals surface area contributed by atoms with Crippen molar-refractivity contribution in [1.29, 1.82) is 0 Å². The number of halogens is 1. The van der Waals surface area contributed by atoms with Crippen molar-refractivity contribution in [2.75, 3.05) is 11.9 Å². The number of hydrogen-bond donors (Lipinski definition) is 1. The van der Waals surface area contributed by atoms with Crippen molar-refractivity contribution in [3.8, 4) is 0 Å². The number of nitrogens with one attached hydrogen (secondary N) is 1.